The van der Waals surface area contributed by atoms with E-state index in [1.807, 2.05) is 0 Å². The Labute approximate surface area is 91.0 Å². The molecular formula is C9H14F3NO3. The molecule has 94 valence electrons. The zero-order valence-corrected chi connectivity index (χ0v) is 8.83. The van der Waals surface area contributed by atoms with Crippen LogP contribution in [0.1, 0.15) is 12.8 Å². The number of rotatable bonds is 3. The van der Waals surface area contributed by atoms with Gasteiger partial charge in [0, 0.05) is 13.7 Å². The van der Waals surface area contributed by atoms with Crippen LogP contribution in [0.3, 0.4) is 0 Å². The smallest absolute Gasteiger partial charge is 0.382 e. The maximum Gasteiger partial charge on any atom is 0.416 e. The molecule has 0 aromatic rings. The molecule has 1 unspecified atom stereocenters. The number of aliphatic hydroxyl groups excluding tert-OH is 1. The summed E-state index contributed by atoms with van der Waals surface area (Å²) in [5.74, 6) is -0.513. The number of amides is 1. The van der Waals surface area contributed by atoms with Gasteiger partial charge < -0.3 is 14.7 Å². The molecule has 0 radical (unpaired) electrons. The first kappa shape index (κ1) is 13.2. The summed E-state index contributed by atoms with van der Waals surface area (Å²) in [6.45, 7) is -0.311. The van der Waals surface area contributed by atoms with Crippen LogP contribution in [0, 0.1) is 0 Å². The van der Waals surface area contributed by atoms with Crippen molar-refractivity contribution in [1.82, 2.24) is 4.90 Å². The number of carbonyl (C=O) groups excluding carboxylic acids is 1. The molecule has 1 amide bonds. The predicted molar refractivity (Wildman–Crippen MR) is 48.7 cm³/mol. The van der Waals surface area contributed by atoms with Gasteiger partial charge in [-0.2, -0.15) is 13.2 Å². The number of hydrogen-bond donors (Lipinski definition) is 1. The second-order valence-corrected chi connectivity index (χ2v) is 3.78. The predicted octanol–water partition coefficient (Wildman–Crippen LogP) is 0.547. The highest BCUT2D eigenvalue weighted by atomic mass is 19.4. The summed E-state index contributed by atoms with van der Waals surface area (Å²) in [5, 5.41) is 8.79. The van der Waals surface area contributed by atoms with Gasteiger partial charge in [-0.15, -0.1) is 0 Å². The van der Waals surface area contributed by atoms with Crippen LogP contribution < -0.4 is 0 Å². The van der Waals surface area contributed by atoms with Gasteiger partial charge in [0.1, 0.15) is 6.10 Å². The van der Waals surface area contributed by atoms with Crippen LogP contribution in [0.25, 0.3) is 0 Å². The molecule has 7 heteroatoms. The fourth-order valence-electron chi connectivity index (χ4n) is 1.47. The molecule has 1 rings (SSSR count). The average molecular weight is 241 g/mol. The molecule has 1 N–H and O–H groups in total. The molecule has 0 aromatic carbocycles. The van der Waals surface area contributed by atoms with Gasteiger partial charge in [0.05, 0.1) is 6.54 Å². The highest BCUT2D eigenvalue weighted by molar-refractivity contribution is 5.80. The summed E-state index contributed by atoms with van der Waals surface area (Å²) in [6.07, 6.45) is -6.63. The third kappa shape index (κ3) is 3.34. The van der Waals surface area contributed by atoms with E-state index in [1.54, 1.807) is 0 Å². The maximum atomic E-state index is 12.0. The van der Waals surface area contributed by atoms with Crippen molar-refractivity contribution in [3.8, 4) is 0 Å². The lowest BCUT2D eigenvalue weighted by Crippen LogP contribution is -2.45. The number of halogens is 3. The molecule has 2 atom stereocenters. The second kappa shape index (κ2) is 5.01. The third-order valence-corrected chi connectivity index (χ3v) is 2.41. The summed E-state index contributed by atoms with van der Waals surface area (Å²) in [7, 11) is 1.22. The largest absolute Gasteiger partial charge is 0.416 e. The first-order valence-corrected chi connectivity index (χ1v) is 4.93. The molecule has 1 aliphatic heterocycles. The van der Waals surface area contributed by atoms with Gasteiger partial charge in [-0.25, -0.2) is 0 Å². The minimum atomic E-state index is -4.70. The van der Waals surface area contributed by atoms with E-state index >= 15 is 0 Å². The summed E-state index contributed by atoms with van der Waals surface area (Å²) in [4.78, 5) is 12.4. The highest BCUT2D eigenvalue weighted by Crippen LogP contribution is 2.21. The van der Waals surface area contributed by atoms with Crippen molar-refractivity contribution in [3.05, 3.63) is 0 Å². The van der Waals surface area contributed by atoms with Gasteiger partial charge in [-0.1, -0.05) is 0 Å². The Bertz CT molecular complexity index is 251. The van der Waals surface area contributed by atoms with Crippen LogP contribution in [-0.4, -0.2) is 54.5 Å². The Morgan fingerprint density at radius 1 is 1.62 bits per heavy atom. The number of carbonyl (C=O) groups is 1. The van der Waals surface area contributed by atoms with Crippen molar-refractivity contribution in [3.63, 3.8) is 0 Å². The summed E-state index contributed by atoms with van der Waals surface area (Å²) < 4.78 is 41.1. The topological polar surface area (TPSA) is 49.8 Å². The standard InChI is InChI=1S/C9H14F3NO3/c1-13(5-7(14)9(10,11)12)8(15)6-3-2-4-16-6/h6-7,14H,2-5H2,1H3/t6-,7?/m0/s1. The van der Waals surface area contributed by atoms with E-state index in [0.717, 1.165) is 11.3 Å². The number of nitrogens with zero attached hydrogens (tertiary/aromatic N) is 1. The van der Waals surface area contributed by atoms with Crippen molar-refractivity contribution in [2.24, 2.45) is 0 Å². The lowest BCUT2D eigenvalue weighted by Gasteiger charge is -2.24. The Hall–Kier alpha value is -0.820. The van der Waals surface area contributed by atoms with Gasteiger partial charge >= 0.3 is 6.18 Å². The summed E-state index contributed by atoms with van der Waals surface area (Å²) in [6, 6.07) is 0. The van der Waals surface area contributed by atoms with Gasteiger partial charge in [0.2, 0.25) is 0 Å². The van der Waals surface area contributed by atoms with Crippen LogP contribution in [0.4, 0.5) is 13.2 Å². The lowest BCUT2D eigenvalue weighted by molar-refractivity contribution is -0.208. The lowest BCUT2D eigenvalue weighted by atomic mass is 10.2. The Morgan fingerprint density at radius 2 is 2.25 bits per heavy atom. The molecule has 0 aliphatic carbocycles. The van der Waals surface area contributed by atoms with Crippen LogP contribution >= 0.6 is 0 Å². The molecule has 1 saturated heterocycles. The molecule has 16 heavy (non-hydrogen) atoms. The molecule has 4 nitrogen and oxygen atoms in total. The van der Waals surface area contributed by atoms with Crippen molar-refractivity contribution in [2.45, 2.75) is 31.2 Å². The van der Waals surface area contributed by atoms with Crippen molar-refractivity contribution >= 4 is 5.91 Å². The van der Waals surface area contributed by atoms with Crippen molar-refractivity contribution in [2.75, 3.05) is 20.2 Å². The first-order chi connectivity index (χ1) is 7.32. The minimum Gasteiger partial charge on any atom is -0.382 e. The number of alkyl halides is 3. The Balaban J connectivity index is 2.45. The monoisotopic (exact) mass is 241 g/mol. The fourth-order valence-corrected chi connectivity index (χ4v) is 1.47. The summed E-state index contributed by atoms with van der Waals surface area (Å²) in [5.41, 5.74) is 0. The number of ether oxygens (including phenoxy) is 1. The zero-order valence-electron chi connectivity index (χ0n) is 8.83. The SMILES string of the molecule is CN(CC(O)C(F)(F)F)C(=O)[C@@H]1CCCO1. The van der Waals surface area contributed by atoms with E-state index in [1.165, 1.54) is 7.05 Å². The van der Waals surface area contributed by atoms with Crippen LogP contribution in [0.15, 0.2) is 0 Å². The van der Waals surface area contributed by atoms with Crippen LogP contribution in [0.2, 0.25) is 0 Å². The fraction of sp³-hybridized carbons (Fsp3) is 0.889. The van der Waals surface area contributed by atoms with E-state index in [9.17, 15) is 18.0 Å². The maximum absolute atomic E-state index is 12.0. The molecule has 0 aromatic heterocycles. The number of hydrogen-bond acceptors (Lipinski definition) is 3. The highest BCUT2D eigenvalue weighted by Gasteiger charge is 2.40. The van der Waals surface area contributed by atoms with Crippen LogP contribution in [-0.2, 0) is 9.53 Å². The third-order valence-electron chi connectivity index (χ3n) is 2.41. The first-order valence-electron chi connectivity index (χ1n) is 4.93. The quantitative estimate of drug-likeness (QED) is 0.785. The molecule has 1 aliphatic rings. The molecule has 0 spiro atoms. The van der Waals surface area contributed by atoms with E-state index < -0.39 is 30.8 Å². The molecule has 1 fully saturated rings. The normalized spacial score (nSPS) is 23.2. The molecule has 0 bridgehead atoms. The Morgan fingerprint density at radius 3 is 2.69 bits per heavy atom. The number of aliphatic hydroxyl groups is 1. The minimum absolute atomic E-state index is 0.450. The average Bonchev–Trinajstić information content (AvgIpc) is 2.67. The molecular weight excluding hydrogens is 227 g/mol. The van der Waals surface area contributed by atoms with Crippen molar-refractivity contribution < 1.29 is 27.8 Å². The van der Waals surface area contributed by atoms with Gasteiger partial charge in [-0.05, 0) is 12.8 Å². The van der Waals surface area contributed by atoms with Crippen LogP contribution in [0.5, 0.6) is 0 Å². The summed E-state index contributed by atoms with van der Waals surface area (Å²) >= 11 is 0. The van der Waals surface area contributed by atoms with Gasteiger partial charge in [0.15, 0.2) is 6.10 Å². The Kier molecular flexibility index (Phi) is 4.15. The second-order valence-electron chi connectivity index (χ2n) is 3.78. The van der Waals surface area contributed by atoms with Crippen molar-refractivity contribution in [1.29, 1.82) is 0 Å². The van der Waals surface area contributed by atoms with Gasteiger partial charge in [0.25, 0.3) is 5.91 Å². The van der Waals surface area contributed by atoms with E-state index in [4.69, 9.17) is 9.84 Å². The molecule has 1 heterocycles. The van der Waals surface area contributed by atoms with Gasteiger partial charge in [-0.3, -0.25) is 4.79 Å². The zero-order chi connectivity index (χ0) is 12.3. The van der Waals surface area contributed by atoms with E-state index in [2.05, 4.69) is 0 Å². The molecule has 0 saturated carbocycles. The number of likely N-dealkylation sites (N-methyl/N-ethyl adjacent to an activating group) is 1. The van der Waals surface area contributed by atoms with E-state index in [0.29, 0.717) is 13.0 Å². The van der Waals surface area contributed by atoms with E-state index in [-0.39, 0.29) is 0 Å².